The molecule has 1 aromatic rings. The molecule has 1 saturated carbocycles. The van der Waals surface area contributed by atoms with Gasteiger partial charge in [-0.05, 0) is 51.0 Å². The van der Waals surface area contributed by atoms with Crippen molar-refractivity contribution >= 4 is 23.3 Å². The smallest absolute Gasteiger partial charge is 0.319 e. The van der Waals surface area contributed by atoms with Crippen LogP contribution in [0.5, 0.6) is 0 Å². The van der Waals surface area contributed by atoms with E-state index in [0.29, 0.717) is 11.4 Å². The van der Waals surface area contributed by atoms with E-state index in [0.717, 1.165) is 25.7 Å². The minimum absolute atomic E-state index is 0.0747. The van der Waals surface area contributed by atoms with Crippen LogP contribution in [0, 0.1) is 0 Å². The van der Waals surface area contributed by atoms with Crippen LogP contribution in [0.3, 0.4) is 0 Å². The van der Waals surface area contributed by atoms with Crippen LogP contribution in [0.4, 0.5) is 16.2 Å². The van der Waals surface area contributed by atoms with Gasteiger partial charge in [-0.15, -0.1) is 0 Å². The summed E-state index contributed by atoms with van der Waals surface area (Å²) >= 11 is 0. The second-order valence-electron chi connectivity index (χ2n) is 6.15. The van der Waals surface area contributed by atoms with Crippen molar-refractivity contribution in [1.82, 2.24) is 5.32 Å². The molecule has 0 aliphatic heterocycles. The lowest BCUT2D eigenvalue weighted by Gasteiger charge is -2.22. The number of carbonyl (C=O) groups excluding carboxylic acids is 2. The normalized spacial score (nSPS) is 16.4. The van der Waals surface area contributed by atoms with Gasteiger partial charge in [-0.1, -0.05) is 12.8 Å². The average molecular weight is 304 g/mol. The summed E-state index contributed by atoms with van der Waals surface area (Å²) in [6, 6.07) is 6.81. The Kier molecular flexibility index (Phi) is 5.03. The lowest BCUT2D eigenvalue weighted by atomic mass is 9.98. The third kappa shape index (κ3) is 4.21. The quantitative estimate of drug-likeness (QED) is 0.688. The minimum Gasteiger partial charge on any atom is -0.336 e. The number of amides is 3. The molecule has 6 heteroatoms. The first kappa shape index (κ1) is 16.3. The van der Waals surface area contributed by atoms with Gasteiger partial charge in [0.1, 0.15) is 0 Å². The zero-order valence-electron chi connectivity index (χ0n) is 13.1. The van der Waals surface area contributed by atoms with E-state index in [9.17, 15) is 9.59 Å². The SMILES string of the molecule is CC(C)NC(=O)Nc1ccc(NC(=O)C2(N)CCCC2)cc1. The number of rotatable bonds is 4. The van der Waals surface area contributed by atoms with Gasteiger partial charge in [0.25, 0.3) is 0 Å². The maximum Gasteiger partial charge on any atom is 0.319 e. The number of nitrogens with one attached hydrogen (secondary N) is 3. The Morgan fingerprint density at radius 2 is 1.55 bits per heavy atom. The van der Waals surface area contributed by atoms with E-state index in [1.807, 2.05) is 13.8 Å². The van der Waals surface area contributed by atoms with Gasteiger partial charge < -0.3 is 21.7 Å². The van der Waals surface area contributed by atoms with Crippen molar-refractivity contribution in [2.24, 2.45) is 5.73 Å². The maximum absolute atomic E-state index is 12.2. The topological polar surface area (TPSA) is 96.2 Å². The van der Waals surface area contributed by atoms with Crippen molar-refractivity contribution in [3.8, 4) is 0 Å². The zero-order valence-corrected chi connectivity index (χ0v) is 13.1. The second kappa shape index (κ2) is 6.79. The standard InChI is InChI=1S/C16H24N4O2/c1-11(2)18-15(22)20-13-7-5-12(6-8-13)19-14(21)16(17)9-3-4-10-16/h5-8,11H,3-4,9-10,17H2,1-2H3,(H,19,21)(H2,18,20,22). The molecule has 1 aliphatic carbocycles. The van der Waals surface area contributed by atoms with Crippen molar-refractivity contribution in [3.63, 3.8) is 0 Å². The Morgan fingerprint density at radius 3 is 2.05 bits per heavy atom. The second-order valence-corrected chi connectivity index (χ2v) is 6.15. The van der Waals surface area contributed by atoms with E-state index in [2.05, 4.69) is 16.0 Å². The Labute approximate surface area is 130 Å². The molecule has 0 radical (unpaired) electrons. The molecule has 0 saturated heterocycles. The number of hydrogen-bond acceptors (Lipinski definition) is 3. The summed E-state index contributed by atoms with van der Waals surface area (Å²) < 4.78 is 0. The fraction of sp³-hybridized carbons (Fsp3) is 0.500. The maximum atomic E-state index is 12.2. The Morgan fingerprint density at radius 1 is 1.05 bits per heavy atom. The van der Waals surface area contributed by atoms with Crippen LogP contribution in [0.2, 0.25) is 0 Å². The molecule has 0 spiro atoms. The molecule has 1 aliphatic rings. The summed E-state index contributed by atoms with van der Waals surface area (Å²) in [5.74, 6) is -0.136. The third-order valence-electron chi connectivity index (χ3n) is 3.77. The van der Waals surface area contributed by atoms with Crippen LogP contribution >= 0.6 is 0 Å². The monoisotopic (exact) mass is 304 g/mol. The van der Waals surface area contributed by atoms with Gasteiger partial charge in [0.2, 0.25) is 5.91 Å². The zero-order chi connectivity index (χ0) is 16.2. The highest BCUT2D eigenvalue weighted by molar-refractivity contribution is 5.98. The molecule has 0 heterocycles. The molecule has 0 aromatic heterocycles. The molecular weight excluding hydrogens is 280 g/mol. The number of hydrogen-bond donors (Lipinski definition) is 4. The van der Waals surface area contributed by atoms with Crippen LogP contribution < -0.4 is 21.7 Å². The highest BCUT2D eigenvalue weighted by Gasteiger charge is 2.36. The van der Waals surface area contributed by atoms with Crippen molar-refractivity contribution in [1.29, 1.82) is 0 Å². The lowest BCUT2D eigenvalue weighted by molar-refractivity contribution is -0.121. The van der Waals surface area contributed by atoms with Crippen molar-refractivity contribution in [2.75, 3.05) is 10.6 Å². The average Bonchev–Trinajstić information content (AvgIpc) is 2.88. The van der Waals surface area contributed by atoms with E-state index in [4.69, 9.17) is 5.73 Å². The van der Waals surface area contributed by atoms with E-state index in [1.165, 1.54) is 0 Å². The summed E-state index contributed by atoms with van der Waals surface area (Å²) in [5, 5.41) is 8.32. The summed E-state index contributed by atoms with van der Waals surface area (Å²) in [6.45, 7) is 3.79. The lowest BCUT2D eigenvalue weighted by Crippen LogP contribution is -2.48. The van der Waals surface area contributed by atoms with Gasteiger partial charge >= 0.3 is 6.03 Å². The summed E-state index contributed by atoms with van der Waals surface area (Å²) in [4.78, 5) is 23.8. The molecule has 1 fully saturated rings. The van der Waals surface area contributed by atoms with E-state index in [-0.39, 0.29) is 18.0 Å². The predicted octanol–water partition coefficient (Wildman–Crippen LogP) is 2.43. The molecule has 120 valence electrons. The molecule has 5 N–H and O–H groups in total. The summed E-state index contributed by atoms with van der Waals surface area (Å²) in [7, 11) is 0. The Hall–Kier alpha value is -2.08. The van der Waals surface area contributed by atoms with E-state index >= 15 is 0 Å². The summed E-state index contributed by atoms with van der Waals surface area (Å²) in [6.07, 6.45) is 3.46. The van der Waals surface area contributed by atoms with Gasteiger partial charge in [-0.3, -0.25) is 4.79 Å². The number of benzene rings is 1. The minimum atomic E-state index is -0.742. The van der Waals surface area contributed by atoms with Gasteiger partial charge in [0, 0.05) is 17.4 Å². The van der Waals surface area contributed by atoms with Crippen LogP contribution in [-0.4, -0.2) is 23.5 Å². The van der Waals surface area contributed by atoms with E-state index < -0.39 is 5.54 Å². The van der Waals surface area contributed by atoms with Crippen LogP contribution in [0.25, 0.3) is 0 Å². The molecule has 6 nitrogen and oxygen atoms in total. The fourth-order valence-corrected chi connectivity index (χ4v) is 2.55. The first-order valence-corrected chi connectivity index (χ1v) is 7.67. The Balaban J connectivity index is 1.91. The molecule has 3 amide bonds. The largest absolute Gasteiger partial charge is 0.336 e. The van der Waals surface area contributed by atoms with Crippen LogP contribution in [0.1, 0.15) is 39.5 Å². The Bertz CT molecular complexity index is 534. The molecule has 2 rings (SSSR count). The first-order valence-electron chi connectivity index (χ1n) is 7.67. The van der Waals surface area contributed by atoms with Gasteiger partial charge in [0.15, 0.2) is 0 Å². The van der Waals surface area contributed by atoms with Gasteiger partial charge in [-0.2, -0.15) is 0 Å². The number of anilines is 2. The van der Waals surface area contributed by atoms with Crippen molar-refractivity contribution < 1.29 is 9.59 Å². The molecule has 1 aromatic carbocycles. The van der Waals surface area contributed by atoms with E-state index in [1.54, 1.807) is 24.3 Å². The molecule has 22 heavy (non-hydrogen) atoms. The number of nitrogens with two attached hydrogens (primary N) is 1. The van der Waals surface area contributed by atoms with Gasteiger partial charge in [-0.25, -0.2) is 4.79 Å². The molecular formula is C16H24N4O2. The van der Waals surface area contributed by atoms with Crippen molar-refractivity contribution in [2.45, 2.75) is 51.1 Å². The highest BCUT2D eigenvalue weighted by Crippen LogP contribution is 2.28. The third-order valence-corrected chi connectivity index (χ3v) is 3.77. The number of urea groups is 1. The van der Waals surface area contributed by atoms with Crippen LogP contribution in [0.15, 0.2) is 24.3 Å². The van der Waals surface area contributed by atoms with Crippen LogP contribution in [-0.2, 0) is 4.79 Å². The highest BCUT2D eigenvalue weighted by atomic mass is 16.2. The predicted molar refractivity (Wildman–Crippen MR) is 87.7 cm³/mol. The van der Waals surface area contributed by atoms with Crippen molar-refractivity contribution in [3.05, 3.63) is 24.3 Å². The fourth-order valence-electron chi connectivity index (χ4n) is 2.55. The molecule has 0 atom stereocenters. The molecule has 0 bridgehead atoms. The molecule has 0 unspecified atom stereocenters. The first-order chi connectivity index (χ1) is 10.4. The summed E-state index contributed by atoms with van der Waals surface area (Å²) in [5.41, 5.74) is 6.72. The number of carbonyl (C=O) groups is 2. The van der Waals surface area contributed by atoms with Gasteiger partial charge in [0.05, 0.1) is 5.54 Å².